The number of hydrogen-bond donors (Lipinski definition) is 1. The van der Waals surface area contributed by atoms with Gasteiger partial charge in [-0.3, -0.25) is 10.1 Å². The van der Waals surface area contributed by atoms with Crippen molar-refractivity contribution in [1.82, 2.24) is 0 Å². The number of nitrogens with zero attached hydrogens (tertiary/aromatic N) is 1. The zero-order valence-corrected chi connectivity index (χ0v) is 10.1. The molecule has 0 heterocycles. The Morgan fingerprint density at radius 2 is 2.00 bits per heavy atom. The summed E-state index contributed by atoms with van der Waals surface area (Å²) in [6.07, 6.45) is 1.66. The van der Waals surface area contributed by atoms with Crippen LogP contribution in [0.25, 0.3) is 0 Å². The van der Waals surface area contributed by atoms with Crippen LogP contribution in [0.1, 0.15) is 24.8 Å². The van der Waals surface area contributed by atoms with Crippen LogP contribution in [-0.2, 0) is 5.41 Å². The molecule has 0 bridgehead atoms. The van der Waals surface area contributed by atoms with Gasteiger partial charge in [-0.1, -0.05) is 30.2 Å². The average molecular weight is 256 g/mol. The van der Waals surface area contributed by atoms with Crippen LogP contribution in [0.3, 0.4) is 0 Å². The summed E-state index contributed by atoms with van der Waals surface area (Å²) in [7, 11) is 0. The highest BCUT2D eigenvalue weighted by Gasteiger charge is 2.46. The van der Waals surface area contributed by atoms with E-state index in [4.69, 9.17) is 11.6 Å². The molecule has 0 spiro atoms. The highest BCUT2D eigenvalue weighted by Crippen LogP contribution is 2.46. The van der Waals surface area contributed by atoms with Crippen LogP contribution in [0.15, 0.2) is 24.3 Å². The van der Waals surface area contributed by atoms with Crippen LogP contribution >= 0.6 is 11.6 Å². The molecule has 1 fully saturated rings. The summed E-state index contributed by atoms with van der Waals surface area (Å²) in [4.78, 5) is 10.0. The first kappa shape index (κ1) is 12.3. The van der Waals surface area contributed by atoms with Gasteiger partial charge in [0.05, 0.1) is 0 Å². The van der Waals surface area contributed by atoms with Crippen LogP contribution in [-0.4, -0.2) is 22.7 Å². The quantitative estimate of drug-likeness (QED) is 0.664. The molecule has 1 N–H and O–H groups in total. The first-order valence-electron chi connectivity index (χ1n) is 5.60. The van der Waals surface area contributed by atoms with Crippen LogP contribution < -0.4 is 0 Å². The van der Waals surface area contributed by atoms with Gasteiger partial charge in [0, 0.05) is 15.4 Å². The van der Waals surface area contributed by atoms with Crippen LogP contribution in [0.5, 0.6) is 0 Å². The van der Waals surface area contributed by atoms with E-state index in [1.54, 1.807) is 12.1 Å². The lowest BCUT2D eigenvalue weighted by Gasteiger charge is -2.44. The summed E-state index contributed by atoms with van der Waals surface area (Å²) < 4.78 is 0. The van der Waals surface area contributed by atoms with Gasteiger partial charge >= 0.3 is 0 Å². The first-order valence-corrected chi connectivity index (χ1v) is 5.98. The molecule has 1 aliphatic carbocycles. The number of rotatable bonds is 4. The van der Waals surface area contributed by atoms with Crippen molar-refractivity contribution < 1.29 is 10.0 Å². The molecule has 2 rings (SSSR count). The highest BCUT2D eigenvalue weighted by atomic mass is 35.5. The minimum atomic E-state index is -0.924. The topological polar surface area (TPSA) is 63.4 Å². The molecule has 1 aromatic rings. The van der Waals surface area contributed by atoms with Crippen LogP contribution in [0.4, 0.5) is 0 Å². The molecular formula is C12H14ClNO3. The van der Waals surface area contributed by atoms with Crippen molar-refractivity contribution in [2.24, 2.45) is 0 Å². The first-order chi connectivity index (χ1) is 8.04. The van der Waals surface area contributed by atoms with E-state index in [0.29, 0.717) is 5.02 Å². The maximum absolute atomic E-state index is 10.5. The summed E-state index contributed by atoms with van der Waals surface area (Å²) in [6, 6.07) is 7.22. The number of halogens is 1. The predicted molar refractivity (Wildman–Crippen MR) is 64.8 cm³/mol. The normalized spacial score (nSPS) is 19.4. The molecule has 17 heavy (non-hydrogen) atoms. The molecule has 1 unspecified atom stereocenters. The molecule has 0 radical (unpaired) electrons. The van der Waals surface area contributed by atoms with Gasteiger partial charge in [-0.05, 0) is 30.5 Å². The number of hydrogen-bond acceptors (Lipinski definition) is 3. The molecule has 1 aliphatic rings. The highest BCUT2D eigenvalue weighted by molar-refractivity contribution is 6.30. The fourth-order valence-corrected chi connectivity index (χ4v) is 2.60. The van der Waals surface area contributed by atoms with E-state index in [-0.39, 0.29) is 0 Å². The van der Waals surface area contributed by atoms with Crippen LogP contribution in [0, 0.1) is 10.1 Å². The molecule has 0 amide bonds. The van der Waals surface area contributed by atoms with Gasteiger partial charge in [0.25, 0.3) is 0 Å². The van der Waals surface area contributed by atoms with E-state index >= 15 is 0 Å². The second kappa shape index (κ2) is 4.63. The summed E-state index contributed by atoms with van der Waals surface area (Å²) in [5.74, 6) is 0. The predicted octanol–water partition coefficient (Wildman–Crippen LogP) is 2.40. The van der Waals surface area contributed by atoms with Crippen molar-refractivity contribution in [3.63, 3.8) is 0 Å². The van der Waals surface area contributed by atoms with Crippen molar-refractivity contribution in [3.8, 4) is 0 Å². The minimum absolute atomic E-state index is 0.400. The van der Waals surface area contributed by atoms with Crippen molar-refractivity contribution in [2.45, 2.75) is 30.8 Å². The number of aliphatic hydroxyl groups is 1. The third kappa shape index (κ3) is 2.28. The standard InChI is InChI=1S/C12H14ClNO3/c13-10-4-2-9(3-5-10)12(6-1-7-12)11(15)8-14(16)17/h2-5,11,15H,1,6-8H2. The van der Waals surface area contributed by atoms with E-state index in [2.05, 4.69) is 0 Å². The van der Waals surface area contributed by atoms with E-state index in [9.17, 15) is 15.2 Å². The molecule has 4 nitrogen and oxygen atoms in total. The van der Waals surface area contributed by atoms with Gasteiger partial charge in [0.15, 0.2) is 0 Å². The second-order valence-electron chi connectivity index (χ2n) is 4.55. The smallest absolute Gasteiger partial charge is 0.230 e. The third-order valence-corrected chi connectivity index (χ3v) is 3.88. The van der Waals surface area contributed by atoms with Gasteiger partial charge in [0.1, 0.15) is 6.10 Å². The summed E-state index contributed by atoms with van der Waals surface area (Å²) in [5, 5.41) is 21.2. The van der Waals surface area contributed by atoms with E-state index < -0.39 is 23.0 Å². The fraction of sp³-hybridized carbons (Fsp3) is 0.500. The van der Waals surface area contributed by atoms with Crippen LogP contribution in [0.2, 0.25) is 5.02 Å². The zero-order valence-electron chi connectivity index (χ0n) is 9.30. The molecule has 92 valence electrons. The van der Waals surface area contributed by atoms with Gasteiger partial charge in [0.2, 0.25) is 6.54 Å². The lowest BCUT2D eigenvalue weighted by Crippen LogP contribution is -2.48. The zero-order chi connectivity index (χ0) is 12.5. The Hall–Kier alpha value is -1.13. The number of aliphatic hydroxyl groups excluding tert-OH is 1. The third-order valence-electron chi connectivity index (χ3n) is 3.62. The maximum Gasteiger partial charge on any atom is 0.230 e. The molecule has 0 aliphatic heterocycles. The second-order valence-corrected chi connectivity index (χ2v) is 4.98. The van der Waals surface area contributed by atoms with Gasteiger partial charge in [-0.25, -0.2) is 0 Å². The molecular weight excluding hydrogens is 242 g/mol. The Morgan fingerprint density at radius 1 is 1.41 bits per heavy atom. The molecule has 1 saturated carbocycles. The van der Waals surface area contributed by atoms with Gasteiger partial charge in [-0.15, -0.1) is 0 Å². The lowest BCUT2D eigenvalue weighted by atomic mass is 9.61. The van der Waals surface area contributed by atoms with E-state index in [1.165, 1.54) is 0 Å². The SMILES string of the molecule is O=[N+]([O-])CC(O)C1(c2ccc(Cl)cc2)CCC1. The Labute approximate surface area is 104 Å². The molecule has 1 atom stereocenters. The van der Waals surface area contributed by atoms with E-state index in [0.717, 1.165) is 24.8 Å². The van der Waals surface area contributed by atoms with Gasteiger partial charge < -0.3 is 5.11 Å². The minimum Gasteiger partial charge on any atom is -0.385 e. The van der Waals surface area contributed by atoms with Gasteiger partial charge in [-0.2, -0.15) is 0 Å². The monoisotopic (exact) mass is 255 g/mol. The van der Waals surface area contributed by atoms with Crippen molar-refractivity contribution in [2.75, 3.05) is 6.54 Å². The molecule has 5 heteroatoms. The Bertz CT molecular complexity index is 414. The Kier molecular flexibility index (Phi) is 3.35. The van der Waals surface area contributed by atoms with Crippen molar-refractivity contribution >= 4 is 11.6 Å². The molecule has 1 aromatic carbocycles. The Balaban J connectivity index is 2.24. The largest absolute Gasteiger partial charge is 0.385 e. The molecule has 0 saturated heterocycles. The lowest BCUT2D eigenvalue weighted by molar-refractivity contribution is -0.493. The van der Waals surface area contributed by atoms with Crippen molar-refractivity contribution in [1.29, 1.82) is 0 Å². The summed E-state index contributed by atoms with van der Waals surface area (Å²) in [6.45, 7) is -0.400. The summed E-state index contributed by atoms with van der Waals surface area (Å²) in [5.41, 5.74) is 0.500. The number of nitro groups is 1. The maximum atomic E-state index is 10.5. The van der Waals surface area contributed by atoms with Crippen molar-refractivity contribution in [3.05, 3.63) is 45.0 Å². The summed E-state index contributed by atoms with van der Waals surface area (Å²) >= 11 is 5.82. The average Bonchev–Trinajstić information content (AvgIpc) is 2.18. The Morgan fingerprint density at radius 3 is 2.41 bits per heavy atom. The fourth-order valence-electron chi connectivity index (χ4n) is 2.47. The molecule has 0 aromatic heterocycles. The van der Waals surface area contributed by atoms with E-state index in [1.807, 2.05) is 12.1 Å². The number of benzene rings is 1.